The summed E-state index contributed by atoms with van der Waals surface area (Å²) in [5.74, 6) is 0.844. The molecule has 0 saturated carbocycles. The topological polar surface area (TPSA) is 53.1 Å². The monoisotopic (exact) mass is 351 g/mol. The average molecular weight is 352 g/mol. The summed E-state index contributed by atoms with van der Waals surface area (Å²) in [6.45, 7) is 6.57. The van der Waals surface area contributed by atoms with Gasteiger partial charge in [-0.05, 0) is 47.8 Å². The second-order valence-electron chi connectivity index (χ2n) is 5.30. The maximum atomic E-state index is 6.01. The molecule has 0 aliphatic heterocycles. The third kappa shape index (κ3) is 3.47. The van der Waals surface area contributed by atoms with Gasteiger partial charge in [-0.2, -0.15) is 5.10 Å². The van der Waals surface area contributed by atoms with Crippen molar-refractivity contribution in [1.82, 2.24) is 9.78 Å². The molecule has 0 saturated heterocycles. The number of rotatable bonds is 5. The smallest absolute Gasteiger partial charge is 0.131 e. The van der Waals surface area contributed by atoms with Crippen molar-refractivity contribution in [2.75, 3.05) is 0 Å². The third-order valence-electron chi connectivity index (χ3n) is 3.53. The van der Waals surface area contributed by atoms with E-state index in [4.69, 9.17) is 10.5 Å². The fourth-order valence-electron chi connectivity index (χ4n) is 2.27. The van der Waals surface area contributed by atoms with Gasteiger partial charge in [-0.1, -0.05) is 19.1 Å². The molecule has 0 fully saturated rings. The van der Waals surface area contributed by atoms with Crippen LogP contribution in [0.15, 0.2) is 22.7 Å². The van der Waals surface area contributed by atoms with E-state index < -0.39 is 0 Å². The maximum absolute atomic E-state index is 6.01. The molecule has 114 valence electrons. The Hall–Kier alpha value is -1.33. The zero-order valence-corrected chi connectivity index (χ0v) is 14.6. The highest BCUT2D eigenvalue weighted by Gasteiger charge is 2.14. The van der Waals surface area contributed by atoms with Gasteiger partial charge >= 0.3 is 0 Å². The minimum Gasteiger partial charge on any atom is -0.487 e. The highest BCUT2D eigenvalue weighted by molar-refractivity contribution is 9.10. The lowest BCUT2D eigenvalue weighted by Crippen LogP contribution is -2.09. The number of benzene rings is 1. The van der Waals surface area contributed by atoms with Crippen molar-refractivity contribution in [3.63, 3.8) is 0 Å². The molecule has 1 atom stereocenters. The molecule has 2 aromatic rings. The largest absolute Gasteiger partial charge is 0.487 e. The lowest BCUT2D eigenvalue weighted by atomic mass is 10.1. The fraction of sp³-hybridized carbons (Fsp3) is 0.438. The SMILES string of the molecule is CCc1nn(C)c(COc2cc(C)ccc2[C@H](C)N)c1Br. The van der Waals surface area contributed by atoms with Crippen molar-refractivity contribution in [3.05, 3.63) is 45.2 Å². The van der Waals surface area contributed by atoms with E-state index in [1.165, 1.54) is 0 Å². The Morgan fingerprint density at radius 1 is 1.43 bits per heavy atom. The molecule has 1 aromatic carbocycles. The Bertz CT molecular complexity index is 635. The Labute approximate surface area is 134 Å². The molecule has 0 amide bonds. The van der Waals surface area contributed by atoms with Crippen LogP contribution in [0.25, 0.3) is 0 Å². The molecular formula is C16H22BrN3O. The molecule has 0 spiro atoms. The van der Waals surface area contributed by atoms with E-state index in [0.29, 0.717) is 6.61 Å². The van der Waals surface area contributed by atoms with Crippen molar-refractivity contribution in [1.29, 1.82) is 0 Å². The summed E-state index contributed by atoms with van der Waals surface area (Å²) in [6, 6.07) is 6.07. The lowest BCUT2D eigenvalue weighted by Gasteiger charge is -2.15. The first-order valence-corrected chi connectivity index (χ1v) is 7.92. The quantitative estimate of drug-likeness (QED) is 0.894. The van der Waals surface area contributed by atoms with Crippen LogP contribution in [0.2, 0.25) is 0 Å². The fourth-order valence-corrected chi connectivity index (χ4v) is 3.00. The number of hydrogen-bond acceptors (Lipinski definition) is 3. The van der Waals surface area contributed by atoms with Gasteiger partial charge in [0.25, 0.3) is 0 Å². The normalized spacial score (nSPS) is 12.5. The van der Waals surface area contributed by atoms with Gasteiger partial charge in [0, 0.05) is 18.7 Å². The minimum atomic E-state index is -0.0539. The van der Waals surface area contributed by atoms with E-state index in [-0.39, 0.29) is 6.04 Å². The highest BCUT2D eigenvalue weighted by Crippen LogP contribution is 2.28. The van der Waals surface area contributed by atoms with Crippen LogP contribution in [0.3, 0.4) is 0 Å². The van der Waals surface area contributed by atoms with Crippen LogP contribution in [0.5, 0.6) is 5.75 Å². The van der Waals surface area contributed by atoms with Crippen molar-refractivity contribution >= 4 is 15.9 Å². The van der Waals surface area contributed by atoms with E-state index in [1.807, 2.05) is 37.7 Å². The van der Waals surface area contributed by atoms with Crippen LogP contribution in [-0.4, -0.2) is 9.78 Å². The van der Waals surface area contributed by atoms with E-state index in [1.54, 1.807) is 0 Å². The van der Waals surface area contributed by atoms with Crippen LogP contribution < -0.4 is 10.5 Å². The van der Waals surface area contributed by atoms with Gasteiger partial charge in [-0.15, -0.1) is 0 Å². The Kier molecular flexibility index (Phi) is 5.06. The summed E-state index contributed by atoms with van der Waals surface area (Å²) in [6.07, 6.45) is 0.893. The first kappa shape index (κ1) is 16.0. The highest BCUT2D eigenvalue weighted by atomic mass is 79.9. The van der Waals surface area contributed by atoms with Crippen LogP contribution in [-0.2, 0) is 20.1 Å². The molecule has 2 N–H and O–H groups in total. The third-order valence-corrected chi connectivity index (χ3v) is 4.44. The summed E-state index contributed by atoms with van der Waals surface area (Å²) in [5, 5.41) is 4.48. The molecule has 1 aromatic heterocycles. The summed E-state index contributed by atoms with van der Waals surface area (Å²) >= 11 is 3.61. The summed E-state index contributed by atoms with van der Waals surface area (Å²) in [5.41, 5.74) is 10.3. The van der Waals surface area contributed by atoms with Crippen molar-refractivity contribution in [2.24, 2.45) is 12.8 Å². The number of nitrogens with zero attached hydrogens (tertiary/aromatic N) is 2. The Morgan fingerprint density at radius 2 is 2.14 bits per heavy atom. The molecule has 0 aliphatic carbocycles. The molecule has 5 heteroatoms. The molecular weight excluding hydrogens is 330 g/mol. The van der Waals surface area contributed by atoms with Gasteiger partial charge < -0.3 is 10.5 Å². The molecule has 21 heavy (non-hydrogen) atoms. The van der Waals surface area contributed by atoms with Crippen LogP contribution in [0.4, 0.5) is 0 Å². The summed E-state index contributed by atoms with van der Waals surface area (Å²) in [7, 11) is 1.94. The minimum absolute atomic E-state index is 0.0539. The second-order valence-corrected chi connectivity index (χ2v) is 6.10. The van der Waals surface area contributed by atoms with Crippen molar-refractivity contribution in [2.45, 2.75) is 39.8 Å². The average Bonchev–Trinajstić information content (AvgIpc) is 2.71. The van der Waals surface area contributed by atoms with Crippen LogP contribution >= 0.6 is 15.9 Å². The molecule has 1 heterocycles. The lowest BCUT2D eigenvalue weighted by molar-refractivity contribution is 0.289. The second kappa shape index (κ2) is 6.62. The van der Waals surface area contributed by atoms with Gasteiger partial charge in [-0.25, -0.2) is 0 Å². The number of aryl methyl sites for hydroxylation is 3. The number of hydrogen-bond donors (Lipinski definition) is 1. The molecule has 0 radical (unpaired) electrons. The molecule has 0 aliphatic rings. The molecule has 0 bridgehead atoms. The maximum Gasteiger partial charge on any atom is 0.131 e. The molecule has 2 rings (SSSR count). The Balaban J connectivity index is 2.24. The van der Waals surface area contributed by atoms with Crippen molar-refractivity contribution in [3.8, 4) is 5.75 Å². The van der Waals surface area contributed by atoms with Crippen LogP contribution in [0, 0.1) is 6.92 Å². The first-order chi connectivity index (χ1) is 9.93. The molecule has 0 unspecified atom stereocenters. The van der Waals surface area contributed by atoms with E-state index in [2.05, 4.69) is 34.0 Å². The predicted molar refractivity (Wildman–Crippen MR) is 88.4 cm³/mol. The van der Waals surface area contributed by atoms with E-state index in [0.717, 1.165) is 39.2 Å². The summed E-state index contributed by atoms with van der Waals surface area (Å²) < 4.78 is 8.91. The van der Waals surface area contributed by atoms with Gasteiger partial charge in [0.2, 0.25) is 0 Å². The van der Waals surface area contributed by atoms with Crippen molar-refractivity contribution < 1.29 is 4.74 Å². The number of ether oxygens (including phenoxy) is 1. The number of aromatic nitrogens is 2. The van der Waals surface area contributed by atoms with E-state index in [9.17, 15) is 0 Å². The zero-order chi connectivity index (χ0) is 15.6. The van der Waals surface area contributed by atoms with Gasteiger partial charge in [0.05, 0.1) is 15.9 Å². The standard InChI is InChI=1S/C16H22BrN3O/c1-5-13-16(17)14(20(4)19-13)9-21-15-8-10(2)6-7-12(15)11(3)18/h6-8,11H,5,9,18H2,1-4H3/t11-/m0/s1. The summed E-state index contributed by atoms with van der Waals surface area (Å²) in [4.78, 5) is 0. The Morgan fingerprint density at radius 3 is 2.71 bits per heavy atom. The molecule has 4 nitrogen and oxygen atoms in total. The zero-order valence-electron chi connectivity index (χ0n) is 13.0. The first-order valence-electron chi connectivity index (χ1n) is 7.13. The predicted octanol–water partition coefficient (Wildman–Crippen LogP) is 3.65. The van der Waals surface area contributed by atoms with Gasteiger partial charge in [0.1, 0.15) is 12.4 Å². The number of nitrogens with two attached hydrogens (primary N) is 1. The van der Waals surface area contributed by atoms with E-state index >= 15 is 0 Å². The van der Waals surface area contributed by atoms with Crippen LogP contribution in [0.1, 0.15) is 42.4 Å². The van der Waals surface area contributed by atoms with Gasteiger partial charge in [0.15, 0.2) is 0 Å². The number of halogens is 1. The van der Waals surface area contributed by atoms with Gasteiger partial charge in [-0.3, -0.25) is 4.68 Å².